The molecule has 22 heavy (non-hydrogen) atoms. The number of hydrazine groups is 1. The lowest BCUT2D eigenvalue weighted by atomic mass is 9.96. The summed E-state index contributed by atoms with van der Waals surface area (Å²) in [6.07, 6.45) is 2.15. The second-order valence-electron chi connectivity index (χ2n) is 5.58. The molecule has 1 saturated heterocycles. The van der Waals surface area contributed by atoms with Crippen LogP contribution in [0.3, 0.4) is 0 Å². The molecule has 2 aromatic rings. The summed E-state index contributed by atoms with van der Waals surface area (Å²) in [6.45, 7) is 1.88. The number of rotatable bonds is 3. The van der Waals surface area contributed by atoms with Crippen molar-refractivity contribution in [3.05, 3.63) is 59.4 Å². The molecule has 114 valence electrons. The van der Waals surface area contributed by atoms with E-state index in [0.29, 0.717) is 12.1 Å². The third-order valence-electron chi connectivity index (χ3n) is 3.93. The summed E-state index contributed by atoms with van der Waals surface area (Å²) in [5, 5.41) is 1.48. The number of benzene rings is 1. The molecule has 2 amide bonds. The van der Waals surface area contributed by atoms with Gasteiger partial charge in [-0.1, -0.05) is 30.3 Å². The van der Waals surface area contributed by atoms with Crippen molar-refractivity contribution < 1.29 is 9.59 Å². The summed E-state index contributed by atoms with van der Waals surface area (Å²) in [5.74, 6) is -0.332. The van der Waals surface area contributed by atoms with Gasteiger partial charge in [0.1, 0.15) is 5.69 Å². The number of aromatic amines is 1. The Bertz CT molecular complexity index is 678. The minimum atomic E-state index is -0.288. The van der Waals surface area contributed by atoms with Gasteiger partial charge in [0.15, 0.2) is 0 Å². The molecule has 1 atom stereocenters. The fourth-order valence-electron chi connectivity index (χ4n) is 2.81. The van der Waals surface area contributed by atoms with Crippen molar-refractivity contribution in [2.75, 3.05) is 0 Å². The second kappa shape index (κ2) is 6.05. The van der Waals surface area contributed by atoms with Gasteiger partial charge in [-0.25, -0.2) is 5.01 Å². The molecule has 0 bridgehead atoms. The minimum absolute atomic E-state index is 0.0447. The highest BCUT2D eigenvalue weighted by Crippen LogP contribution is 2.30. The molecular formula is C17H19N3O2. The van der Waals surface area contributed by atoms with E-state index in [1.54, 1.807) is 6.07 Å². The number of piperidine rings is 1. The van der Waals surface area contributed by atoms with Crippen molar-refractivity contribution >= 4 is 11.8 Å². The third kappa shape index (κ3) is 2.88. The summed E-state index contributed by atoms with van der Waals surface area (Å²) in [6, 6.07) is 13.3. The smallest absolute Gasteiger partial charge is 0.286 e. The Hall–Kier alpha value is -2.56. The van der Waals surface area contributed by atoms with Crippen LogP contribution in [0.2, 0.25) is 0 Å². The highest BCUT2D eigenvalue weighted by Gasteiger charge is 2.31. The molecule has 1 unspecified atom stereocenters. The second-order valence-corrected chi connectivity index (χ2v) is 5.58. The Balaban J connectivity index is 1.81. The number of H-pyrrole nitrogens is 1. The maximum atomic E-state index is 12.3. The molecule has 2 N–H and O–H groups in total. The van der Waals surface area contributed by atoms with Crippen LogP contribution >= 0.6 is 0 Å². The fourth-order valence-corrected chi connectivity index (χ4v) is 2.81. The van der Waals surface area contributed by atoms with Gasteiger partial charge in [0, 0.05) is 12.1 Å². The van der Waals surface area contributed by atoms with Crippen LogP contribution in [0.4, 0.5) is 0 Å². The molecule has 0 aliphatic carbocycles. The van der Waals surface area contributed by atoms with Crippen LogP contribution in [0.15, 0.2) is 42.5 Å². The first-order valence-corrected chi connectivity index (χ1v) is 7.49. The van der Waals surface area contributed by atoms with Crippen LogP contribution in [0.25, 0.3) is 0 Å². The number of amides is 2. The van der Waals surface area contributed by atoms with Gasteiger partial charge in [0.2, 0.25) is 5.91 Å². The Labute approximate surface area is 129 Å². The number of nitrogens with zero attached hydrogens (tertiary/aromatic N) is 1. The average Bonchev–Trinajstić information content (AvgIpc) is 2.97. The zero-order chi connectivity index (χ0) is 15.5. The van der Waals surface area contributed by atoms with E-state index in [9.17, 15) is 9.59 Å². The molecule has 1 aliphatic rings. The fraction of sp³-hybridized carbons (Fsp3) is 0.294. The minimum Gasteiger partial charge on any atom is -0.355 e. The average molecular weight is 297 g/mol. The van der Waals surface area contributed by atoms with E-state index < -0.39 is 0 Å². The standard InChI is InChI=1S/C17H19N3O2/c1-12-10-11-14(18-12)17(22)19-20-15(8-5-9-16(20)21)13-6-3-2-4-7-13/h2-4,6-7,10-11,15,18H,5,8-9H2,1H3,(H,19,22). The van der Waals surface area contributed by atoms with Gasteiger partial charge in [-0.05, 0) is 37.5 Å². The van der Waals surface area contributed by atoms with Gasteiger partial charge in [0.25, 0.3) is 5.91 Å². The van der Waals surface area contributed by atoms with E-state index in [4.69, 9.17) is 0 Å². The number of hydrogen-bond acceptors (Lipinski definition) is 2. The summed E-state index contributed by atoms with van der Waals surface area (Å²) in [5.41, 5.74) is 5.17. The summed E-state index contributed by atoms with van der Waals surface area (Å²) in [4.78, 5) is 27.5. The quantitative estimate of drug-likeness (QED) is 0.915. The van der Waals surface area contributed by atoms with Crippen LogP contribution < -0.4 is 5.43 Å². The monoisotopic (exact) mass is 297 g/mol. The number of carbonyl (C=O) groups is 2. The summed E-state index contributed by atoms with van der Waals surface area (Å²) in [7, 11) is 0. The Kier molecular flexibility index (Phi) is 3.96. The zero-order valence-electron chi connectivity index (χ0n) is 12.5. The van der Waals surface area contributed by atoms with E-state index >= 15 is 0 Å². The lowest BCUT2D eigenvalue weighted by molar-refractivity contribution is -0.139. The normalized spacial score (nSPS) is 18.3. The molecule has 1 aromatic heterocycles. The molecule has 0 saturated carbocycles. The van der Waals surface area contributed by atoms with Gasteiger partial charge < -0.3 is 4.98 Å². The molecule has 1 aromatic carbocycles. The number of aromatic nitrogens is 1. The Morgan fingerprint density at radius 3 is 2.68 bits per heavy atom. The van der Waals surface area contributed by atoms with E-state index in [-0.39, 0.29) is 17.9 Å². The van der Waals surface area contributed by atoms with E-state index in [2.05, 4.69) is 10.4 Å². The first-order chi connectivity index (χ1) is 10.6. The maximum absolute atomic E-state index is 12.3. The van der Waals surface area contributed by atoms with Crippen LogP contribution in [-0.4, -0.2) is 21.8 Å². The molecule has 1 aliphatic heterocycles. The van der Waals surface area contributed by atoms with E-state index in [0.717, 1.165) is 24.1 Å². The van der Waals surface area contributed by atoms with Gasteiger partial charge >= 0.3 is 0 Å². The molecular weight excluding hydrogens is 278 g/mol. The highest BCUT2D eigenvalue weighted by molar-refractivity contribution is 5.94. The van der Waals surface area contributed by atoms with E-state index in [1.807, 2.05) is 43.3 Å². The largest absolute Gasteiger partial charge is 0.355 e. The Morgan fingerprint density at radius 2 is 2.00 bits per heavy atom. The van der Waals surface area contributed by atoms with Crippen molar-refractivity contribution in [1.82, 2.24) is 15.4 Å². The van der Waals surface area contributed by atoms with Gasteiger partial charge in [-0.3, -0.25) is 15.0 Å². The zero-order valence-corrected chi connectivity index (χ0v) is 12.5. The van der Waals surface area contributed by atoms with Gasteiger partial charge in [-0.15, -0.1) is 0 Å². The molecule has 0 spiro atoms. The Morgan fingerprint density at radius 1 is 1.23 bits per heavy atom. The van der Waals surface area contributed by atoms with Crippen molar-refractivity contribution in [1.29, 1.82) is 0 Å². The van der Waals surface area contributed by atoms with E-state index in [1.165, 1.54) is 5.01 Å². The summed E-state index contributed by atoms with van der Waals surface area (Å²) >= 11 is 0. The van der Waals surface area contributed by atoms with Crippen molar-refractivity contribution in [2.45, 2.75) is 32.2 Å². The van der Waals surface area contributed by atoms with Crippen LogP contribution in [-0.2, 0) is 4.79 Å². The number of hydrogen-bond donors (Lipinski definition) is 2. The van der Waals surface area contributed by atoms with Crippen molar-refractivity contribution in [2.24, 2.45) is 0 Å². The van der Waals surface area contributed by atoms with Crippen LogP contribution in [0.1, 0.15) is 47.1 Å². The lowest BCUT2D eigenvalue weighted by Gasteiger charge is -2.35. The summed E-state index contributed by atoms with van der Waals surface area (Å²) < 4.78 is 0. The van der Waals surface area contributed by atoms with Crippen molar-refractivity contribution in [3.63, 3.8) is 0 Å². The SMILES string of the molecule is Cc1ccc(C(=O)NN2C(=O)CCCC2c2ccccc2)[nH]1. The first kappa shape index (κ1) is 14.4. The van der Waals surface area contributed by atoms with Crippen molar-refractivity contribution in [3.8, 4) is 0 Å². The number of aryl methyl sites for hydroxylation is 1. The predicted molar refractivity (Wildman–Crippen MR) is 82.9 cm³/mol. The molecule has 0 radical (unpaired) electrons. The van der Waals surface area contributed by atoms with Gasteiger partial charge in [-0.2, -0.15) is 0 Å². The predicted octanol–water partition coefficient (Wildman–Crippen LogP) is 2.72. The molecule has 5 heteroatoms. The molecule has 5 nitrogen and oxygen atoms in total. The van der Waals surface area contributed by atoms with Crippen LogP contribution in [0.5, 0.6) is 0 Å². The third-order valence-corrected chi connectivity index (χ3v) is 3.93. The topological polar surface area (TPSA) is 65.2 Å². The highest BCUT2D eigenvalue weighted by atomic mass is 16.2. The van der Waals surface area contributed by atoms with Gasteiger partial charge in [0.05, 0.1) is 6.04 Å². The maximum Gasteiger partial charge on any atom is 0.286 e. The molecule has 2 heterocycles. The number of nitrogens with one attached hydrogen (secondary N) is 2. The molecule has 1 fully saturated rings. The lowest BCUT2D eigenvalue weighted by Crippen LogP contribution is -2.50. The number of carbonyl (C=O) groups excluding carboxylic acids is 2. The molecule has 3 rings (SSSR count). The van der Waals surface area contributed by atoms with Crippen LogP contribution in [0, 0.1) is 6.92 Å². The first-order valence-electron chi connectivity index (χ1n) is 7.49.